The third-order valence-corrected chi connectivity index (χ3v) is 2.55. The van der Waals surface area contributed by atoms with Crippen LogP contribution in [0.15, 0.2) is 12.1 Å². The molecule has 0 aromatic heterocycles. The summed E-state index contributed by atoms with van der Waals surface area (Å²) in [5, 5.41) is 1.84. The van der Waals surface area contributed by atoms with Crippen LogP contribution in [0.3, 0.4) is 0 Å². The van der Waals surface area contributed by atoms with Gasteiger partial charge in [0.25, 0.3) is 0 Å². The van der Waals surface area contributed by atoms with Gasteiger partial charge in [-0.3, -0.25) is 4.79 Å². The predicted octanol–water partition coefficient (Wildman–Crippen LogP) is 2.49. The average Bonchev–Trinajstić information content (AvgIpc) is 2.27. The number of hydrogen-bond acceptors (Lipinski definition) is 2. The zero-order valence-electron chi connectivity index (χ0n) is 10.3. The lowest BCUT2D eigenvalue weighted by molar-refractivity contribution is -0.173. The molecule has 0 aliphatic heterocycles. The molecule has 0 aliphatic rings. The Morgan fingerprint density at radius 3 is 2.39 bits per heavy atom. The van der Waals surface area contributed by atoms with Gasteiger partial charge in [-0.1, -0.05) is 6.07 Å². The minimum Gasteiger partial charge on any atom is -0.496 e. The van der Waals surface area contributed by atoms with Gasteiger partial charge in [0, 0.05) is 6.54 Å². The Morgan fingerprint density at radius 2 is 1.89 bits per heavy atom. The molecule has 0 atom stereocenters. The summed E-state index contributed by atoms with van der Waals surface area (Å²) in [5.41, 5.74) is 2.20. The van der Waals surface area contributed by atoms with Crippen molar-refractivity contribution in [3.05, 3.63) is 28.8 Å². The molecule has 1 rings (SSSR count). The fourth-order valence-electron chi connectivity index (χ4n) is 1.54. The Balaban J connectivity index is 2.81. The van der Waals surface area contributed by atoms with Gasteiger partial charge in [0.1, 0.15) is 5.75 Å². The van der Waals surface area contributed by atoms with Crippen LogP contribution >= 0.6 is 0 Å². The molecule has 0 fully saturated rings. The largest absolute Gasteiger partial charge is 0.496 e. The summed E-state index contributed by atoms with van der Waals surface area (Å²) < 4.78 is 41.1. The van der Waals surface area contributed by atoms with Crippen LogP contribution < -0.4 is 10.1 Å². The van der Waals surface area contributed by atoms with Crippen molar-refractivity contribution in [2.45, 2.75) is 26.6 Å². The number of carbonyl (C=O) groups is 1. The van der Waals surface area contributed by atoms with Crippen molar-refractivity contribution in [1.82, 2.24) is 5.32 Å². The van der Waals surface area contributed by atoms with E-state index in [0.29, 0.717) is 11.3 Å². The zero-order valence-corrected chi connectivity index (χ0v) is 10.3. The van der Waals surface area contributed by atoms with Gasteiger partial charge in [0.15, 0.2) is 0 Å². The van der Waals surface area contributed by atoms with E-state index in [2.05, 4.69) is 0 Å². The number of hydrogen-bond donors (Lipinski definition) is 1. The van der Waals surface area contributed by atoms with Crippen molar-refractivity contribution in [2.75, 3.05) is 7.11 Å². The van der Waals surface area contributed by atoms with E-state index in [1.54, 1.807) is 26.0 Å². The van der Waals surface area contributed by atoms with Gasteiger partial charge in [-0.25, -0.2) is 0 Å². The fourth-order valence-corrected chi connectivity index (χ4v) is 1.54. The maximum absolute atomic E-state index is 12.0. The van der Waals surface area contributed by atoms with Crippen LogP contribution in [-0.2, 0) is 11.3 Å². The summed E-state index contributed by atoms with van der Waals surface area (Å²) >= 11 is 0. The number of nitrogens with one attached hydrogen (secondary N) is 1. The lowest BCUT2D eigenvalue weighted by Gasteiger charge is -2.13. The number of benzene rings is 1. The highest BCUT2D eigenvalue weighted by atomic mass is 19.4. The number of halogens is 3. The standard InChI is InChI=1S/C12H14F3NO2/c1-7-5-10(18-3)8(2)4-9(7)6-16-11(17)12(13,14)15/h4-5H,6H2,1-3H3,(H,16,17). The quantitative estimate of drug-likeness (QED) is 0.907. The van der Waals surface area contributed by atoms with E-state index in [0.717, 1.165) is 11.1 Å². The summed E-state index contributed by atoms with van der Waals surface area (Å²) in [4.78, 5) is 10.7. The molecule has 6 heteroatoms. The molecule has 0 bridgehead atoms. The molecule has 18 heavy (non-hydrogen) atoms. The third kappa shape index (κ3) is 3.38. The Labute approximate surface area is 103 Å². The second-order valence-corrected chi connectivity index (χ2v) is 3.93. The van der Waals surface area contributed by atoms with Crippen molar-refractivity contribution in [1.29, 1.82) is 0 Å². The van der Waals surface area contributed by atoms with Gasteiger partial charge < -0.3 is 10.1 Å². The van der Waals surface area contributed by atoms with E-state index >= 15 is 0 Å². The first-order chi connectivity index (χ1) is 8.25. The summed E-state index contributed by atoms with van der Waals surface area (Å²) in [5.74, 6) is -1.27. The highest BCUT2D eigenvalue weighted by molar-refractivity contribution is 5.81. The molecule has 0 heterocycles. The van der Waals surface area contributed by atoms with Crippen LogP contribution in [0.1, 0.15) is 16.7 Å². The Morgan fingerprint density at radius 1 is 1.28 bits per heavy atom. The fraction of sp³-hybridized carbons (Fsp3) is 0.417. The van der Waals surface area contributed by atoms with Gasteiger partial charge in [-0.15, -0.1) is 0 Å². The molecule has 1 N–H and O–H groups in total. The van der Waals surface area contributed by atoms with Crippen molar-refractivity contribution in [3.8, 4) is 5.75 Å². The molecular formula is C12H14F3NO2. The summed E-state index contributed by atoms with van der Waals surface area (Å²) in [7, 11) is 1.52. The first kappa shape index (κ1) is 14.3. The second kappa shape index (κ2) is 5.29. The Bertz CT molecular complexity index is 455. The maximum atomic E-state index is 12.0. The smallest absolute Gasteiger partial charge is 0.471 e. The Kier molecular flexibility index (Phi) is 4.21. The number of aryl methyl sites for hydroxylation is 2. The molecule has 0 aliphatic carbocycles. The minimum atomic E-state index is -4.85. The lowest BCUT2D eigenvalue weighted by atomic mass is 10.0. The molecule has 0 saturated heterocycles. The van der Waals surface area contributed by atoms with Gasteiger partial charge in [0.05, 0.1) is 7.11 Å². The van der Waals surface area contributed by atoms with Crippen LogP contribution in [0.2, 0.25) is 0 Å². The van der Waals surface area contributed by atoms with Crippen LogP contribution in [-0.4, -0.2) is 19.2 Å². The number of ether oxygens (including phenoxy) is 1. The van der Waals surface area contributed by atoms with E-state index in [1.807, 2.05) is 5.32 Å². The minimum absolute atomic E-state index is 0.158. The molecule has 0 unspecified atom stereocenters. The third-order valence-electron chi connectivity index (χ3n) is 2.55. The summed E-state index contributed by atoms with van der Waals surface area (Å²) in [6, 6.07) is 3.43. The van der Waals surface area contributed by atoms with Crippen molar-refractivity contribution < 1.29 is 22.7 Å². The van der Waals surface area contributed by atoms with E-state index < -0.39 is 12.1 Å². The lowest BCUT2D eigenvalue weighted by Crippen LogP contribution is -2.36. The normalized spacial score (nSPS) is 11.2. The molecule has 0 radical (unpaired) electrons. The van der Waals surface area contributed by atoms with Gasteiger partial charge in [-0.2, -0.15) is 13.2 Å². The van der Waals surface area contributed by atoms with E-state index in [1.165, 1.54) is 7.11 Å². The van der Waals surface area contributed by atoms with Crippen LogP contribution in [0.5, 0.6) is 5.75 Å². The van der Waals surface area contributed by atoms with Crippen LogP contribution in [0.25, 0.3) is 0 Å². The number of rotatable bonds is 3. The molecular weight excluding hydrogens is 247 g/mol. The molecule has 0 spiro atoms. The number of methoxy groups -OCH3 is 1. The first-order valence-corrected chi connectivity index (χ1v) is 5.25. The highest BCUT2D eigenvalue weighted by Gasteiger charge is 2.38. The predicted molar refractivity (Wildman–Crippen MR) is 60.4 cm³/mol. The van der Waals surface area contributed by atoms with Crippen molar-refractivity contribution in [2.24, 2.45) is 0 Å². The SMILES string of the molecule is COc1cc(C)c(CNC(=O)C(F)(F)F)cc1C. The molecule has 3 nitrogen and oxygen atoms in total. The van der Waals surface area contributed by atoms with Crippen molar-refractivity contribution in [3.63, 3.8) is 0 Å². The number of alkyl halides is 3. The number of amides is 1. The molecule has 0 saturated carbocycles. The average molecular weight is 261 g/mol. The molecule has 1 aromatic rings. The van der Waals surface area contributed by atoms with Crippen LogP contribution in [0.4, 0.5) is 13.2 Å². The summed E-state index contributed by atoms with van der Waals surface area (Å²) in [6.07, 6.45) is -4.85. The molecule has 1 aromatic carbocycles. The van der Waals surface area contributed by atoms with E-state index in [4.69, 9.17) is 4.74 Å². The monoisotopic (exact) mass is 261 g/mol. The zero-order chi connectivity index (χ0) is 13.9. The molecule has 1 amide bonds. The topological polar surface area (TPSA) is 38.3 Å². The summed E-state index contributed by atoms with van der Waals surface area (Å²) in [6.45, 7) is 3.37. The van der Waals surface area contributed by atoms with Gasteiger partial charge in [-0.05, 0) is 36.6 Å². The van der Waals surface area contributed by atoms with E-state index in [-0.39, 0.29) is 6.54 Å². The highest BCUT2D eigenvalue weighted by Crippen LogP contribution is 2.22. The van der Waals surface area contributed by atoms with Gasteiger partial charge >= 0.3 is 12.1 Å². The maximum Gasteiger partial charge on any atom is 0.471 e. The first-order valence-electron chi connectivity index (χ1n) is 5.25. The van der Waals surface area contributed by atoms with E-state index in [9.17, 15) is 18.0 Å². The Hall–Kier alpha value is -1.72. The second-order valence-electron chi connectivity index (χ2n) is 3.93. The van der Waals surface area contributed by atoms with Gasteiger partial charge in [0.2, 0.25) is 0 Å². The number of carbonyl (C=O) groups excluding carboxylic acids is 1. The van der Waals surface area contributed by atoms with Crippen LogP contribution in [0, 0.1) is 13.8 Å². The molecule has 100 valence electrons. The van der Waals surface area contributed by atoms with Crippen molar-refractivity contribution >= 4 is 5.91 Å².